The first-order chi connectivity index (χ1) is 8.15. The van der Waals surface area contributed by atoms with Crippen molar-refractivity contribution in [2.75, 3.05) is 0 Å². The van der Waals surface area contributed by atoms with Crippen molar-refractivity contribution in [1.82, 2.24) is 14.8 Å². The lowest BCUT2D eigenvalue weighted by atomic mass is 9.96. The monoisotopic (exact) mass is 233 g/mol. The Balaban J connectivity index is 1.65. The average molecular weight is 233 g/mol. The Kier molecular flexibility index (Phi) is 2.53. The largest absolute Gasteiger partial charge is 0.299 e. The number of ketones is 1. The highest BCUT2D eigenvalue weighted by Crippen LogP contribution is 2.54. The van der Waals surface area contributed by atoms with E-state index in [0.29, 0.717) is 18.1 Å². The molecule has 0 bridgehead atoms. The Morgan fingerprint density at radius 2 is 2.12 bits per heavy atom. The highest BCUT2D eigenvalue weighted by Gasteiger charge is 2.47. The maximum absolute atomic E-state index is 12.2. The maximum atomic E-state index is 12.2. The van der Waals surface area contributed by atoms with Crippen LogP contribution in [0.25, 0.3) is 0 Å². The first kappa shape index (κ1) is 10.9. The SMILES string of the molecule is CC(C)n1ncnc1CC(=O)C1CC2CC2C1. The van der Waals surface area contributed by atoms with Gasteiger partial charge in [-0.15, -0.1) is 0 Å². The van der Waals surface area contributed by atoms with E-state index in [1.165, 1.54) is 6.42 Å². The summed E-state index contributed by atoms with van der Waals surface area (Å²) in [4.78, 5) is 16.4. The highest BCUT2D eigenvalue weighted by molar-refractivity contribution is 5.83. The second-order valence-electron chi connectivity index (χ2n) is 5.78. The predicted octanol–water partition coefficient (Wildman–Crippen LogP) is 2.02. The fourth-order valence-electron chi connectivity index (χ4n) is 3.11. The van der Waals surface area contributed by atoms with Crippen LogP contribution >= 0.6 is 0 Å². The van der Waals surface area contributed by atoms with Gasteiger partial charge in [-0.3, -0.25) is 4.79 Å². The predicted molar refractivity (Wildman–Crippen MR) is 63.4 cm³/mol. The number of rotatable bonds is 4. The average Bonchev–Trinajstić information content (AvgIpc) is 2.75. The maximum Gasteiger partial charge on any atom is 0.143 e. The van der Waals surface area contributed by atoms with E-state index in [0.717, 1.165) is 30.5 Å². The molecule has 2 unspecified atom stereocenters. The van der Waals surface area contributed by atoms with Crippen LogP contribution in [0.2, 0.25) is 0 Å². The lowest BCUT2D eigenvalue weighted by molar-refractivity contribution is -0.122. The third-order valence-electron chi connectivity index (χ3n) is 4.17. The number of fused-ring (bicyclic) bond motifs is 1. The van der Waals surface area contributed by atoms with Crippen LogP contribution in [0.15, 0.2) is 6.33 Å². The molecule has 0 amide bonds. The third-order valence-corrected chi connectivity index (χ3v) is 4.17. The van der Waals surface area contributed by atoms with Crippen LogP contribution in [0.3, 0.4) is 0 Å². The van der Waals surface area contributed by atoms with Crippen molar-refractivity contribution in [1.29, 1.82) is 0 Å². The standard InChI is InChI=1S/C13H19N3O/c1-8(2)16-13(14-7-15-16)6-12(17)11-4-9-3-10(9)5-11/h7-11H,3-6H2,1-2H3. The van der Waals surface area contributed by atoms with E-state index in [4.69, 9.17) is 0 Å². The van der Waals surface area contributed by atoms with Gasteiger partial charge in [0.25, 0.3) is 0 Å². The summed E-state index contributed by atoms with van der Waals surface area (Å²) in [6.45, 7) is 4.13. The van der Waals surface area contributed by atoms with E-state index in [9.17, 15) is 4.79 Å². The summed E-state index contributed by atoms with van der Waals surface area (Å²) in [5, 5.41) is 4.17. The van der Waals surface area contributed by atoms with Gasteiger partial charge in [-0.1, -0.05) is 0 Å². The Morgan fingerprint density at radius 1 is 1.41 bits per heavy atom. The zero-order valence-electron chi connectivity index (χ0n) is 10.5. The Labute approximate surface area is 101 Å². The van der Waals surface area contributed by atoms with Crippen molar-refractivity contribution in [3.8, 4) is 0 Å². The number of Topliss-reactive ketones (excluding diaryl/α,β-unsaturated/α-hetero) is 1. The summed E-state index contributed by atoms with van der Waals surface area (Å²) in [7, 11) is 0. The molecular weight excluding hydrogens is 214 g/mol. The molecule has 0 aliphatic heterocycles. The van der Waals surface area contributed by atoms with E-state index in [1.807, 2.05) is 4.68 Å². The van der Waals surface area contributed by atoms with Crippen molar-refractivity contribution in [2.45, 2.75) is 45.6 Å². The smallest absolute Gasteiger partial charge is 0.143 e. The van der Waals surface area contributed by atoms with Crippen LogP contribution in [0.5, 0.6) is 0 Å². The van der Waals surface area contributed by atoms with Gasteiger partial charge in [0.2, 0.25) is 0 Å². The summed E-state index contributed by atoms with van der Waals surface area (Å²) < 4.78 is 1.85. The molecular formula is C13H19N3O. The molecule has 0 aromatic carbocycles. The lowest BCUT2D eigenvalue weighted by Gasteiger charge is -2.12. The number of nitrogens with zero attached hydrogens (tertiary/aromatic N) is 3. The van der Waals surface area contributed by atoms with Gasteiger partial charge in [-0.25, -0.2) is 9.67 Å². The minimum atomic E-state index is 0.275. The van der Waals surface area contributed by atoms with Crippen molar-refractivity contribution < 1.29 is 4.79 Å². The van der Waals surface area contributed by atoms with E-state index in [1.54, 1.807) is 6.33 Å². The molecule has 17 heavy (non-hydrogen) atoms. The van der Waals surface area contributed by atoms with Crippen LogP contribution in [0.4, 0.5) is 0 Å². The molecule has 1 aromatic heterocycles. The van der Waals surface area contributed by atoms with Crippen molar-refractivity contribution in [3.63, 3.8) is 0 Å². The minimum absolute atomic E-state index is 0.275. The van der Waals surface area contributed by atoms with Crippen molar-refractivity contribution in [2.24, 2.45) is 17.8 Å². The quantitative estimate of drug-likeness (QED) is 0.799. The molecule has 2 aliphatic carbocycles. The Morgan fingerprint density at radius 3 is 2.76 bits per heavy atom. The summed E-state index contributed by atoms with van der Waals surface area (Å²) >= 11 is 0. The van der Waals surface area contributed by atoms with Gasteiger partial charge in [0, 0.05) is 12.0 Å². The van der Waals surface area contributed by atoms with Crippen molar-refractivity contribution >= 4 is 5.78 Å². The van der Waals surface area contributed by atoms with Gasteiger partial charge in [-0.2, -0.15) is 5.10 Å². The summed E-state index contributed by atoms with van der Waals surface area (Å²) in [6.07, 6.45) is 5.63. The van der Waals surface area contributed by atoms with E-state index in [2.05, 4.69) is 23.9 Å². The highest BCUT2D eigenvalue weighted by atomic mass is 16.1. The fraction of sp³-hybridized carbons (Fsp3) is 0.769. The molecule has 4 nitrogen and oxygen atoms in total. The topological polar surface area (TPSA) is 47.8 Å². The molecule has 1 aromatic rings. The molecule has 0 N–H and O–H groups in total. The number of aromatic nitrogens is 3. The van der Waals surface area contributed by atoms with Crippen LogP contribution in [-0.2, 0) is 11.2 Å². The van der Waals surface area contributed by atoms with Gasteiger partial charge in [0.15, 0.2) is 0 Å². The molecule has 3 rings (SSSR count). The molecule has 2 atom stereocenters. The van der Waals surface area contributed by atoms with Crippen LogP contribution in [0, 0.1) is 17.8 Å². The Hall–Kier alpha value is -1.19. The number of carbonyl (C=O) groups is 1. The number of carbonyl (C=O) groups excluding carboxylic acids is 1. The third kappa shape index (κ3) is 2.01. The zero-order valence-corrected chi connectivity index (χ0v) is 10.5. The fourth-order valence-corrected chi connectivity index (χ4v) is 3.11. The lowest BCUT2D eigenvalue weighted by Crippen LogP contribution is -2.19. The van der Waals surface area contributed by atoms with Gasteiger partial charge in [-0.05, 0) is 44.9 Å². The zero-order chi connectivity index (χ0) is 12.0. The van der Waals surface area contributed by atoms with E-state index in [-0.39, 0.29) is 6.04 Å². The second kappa shape index (κ2) is 3.93. The van der Waals surface area contributed by atoms with E-state index < -0.39 is 0 Å². The van der Waals surface area contributed by atoms with Crippen molar-refractivity contribution in [3.05, 3.63) is 12.2 Å². The molecule has 2 saturated carbocycles. The van der Waals surface area contributed by atoms with E-state index >= 15 is 0 Å². The second-order valence-corrected chi connectivity index (χ2v) is 5.78. The molecule has 0 radical (unpaired) electrons. The molecule has 0 saturated heterocycles. The van der Waals surface area contributed by atoms with Crippen LogP contribution in [0.1, 0.15) is 45.0 Å². The summed E-state index contributed by atoms with van der Waals surface area (Å²) in [5.41, 5.74) is 0. The molecule has 1 heterocycles. The molecule has 92 valence electrons. The van der Waals surface area contributed by atoms with Crippen LogP contribution < -0.4 is 0 Å². The minimum Gasteiger partial charge on any atom is -0.299 e. The molecule has 4 heteroatoms. The first-order valence-electron chi connectivity index (χ1n) is 6.56. The first-order valence-corrected chi connectivity index (χ1v) is 6.56. The number of hydrogen-bond donors (Lipinski definition) is 0. The normalized spacial score (nSPS) is 30.6. The number of hydrogen-bond acceptors (Lipinski definition) is 3. The molecule has 0 spiro atoms. The van der Waals surface area contributed by atoms with Gasteiger partial charge in [0.1, 0.15) is 17.9 Å². The molecule has 2 aliphatic rings. The summed E-state index contributed by atoms with van der Waals surface area (Å²) in [5.74, 6) is 3.23. The van der Waals surface area contributed by atoms with Gasteiger partial charge >= 0.3 is 0 Å². The Bertz CT molecular complexity index is 428. The van der Waals surface area contributed by atoms with Gasteiger partial charge < -0.3 is 0 Å². The molecule has 2 fully saturated rings. The van der Waals surface area contributed by atoms with Gasteiger partial charge in [0.05, 0.1) is 6.42 Å². The van der Waals surface area contributed by atoms with Crippen LogP contribution in [-0.4, -0.2) is 20.5 Å². The summed E-state index contributed by atoms with van der Waals surface area (Å²) in [6, 6.07) is 0.275.